The second kappa shape index (κ2) is 12.7. The van der Waals surface area contributed by atoms with Crippen molar-refractivity contribution >= 4 is 20.1 Å². The molecule has 0 aliphatic rings. The summed E-state index contributed by atoms with van der Waals surface area (Å²) in [6.45, 7) is 16.3. The second-order valence-corrected chi connectivity index (χ2v) is 12.5. The molecular formula is C33H44NOP. The molecule has 0 radical (unpaired) electrons. The van der Waals surface area contributed by atoms with Gasteiger partial charge in [0.2, 0.25) is 0 Å². The summed E-state index contributed by atoms with van der Waals surface area (Å²) in [5.41, 5.74) is 5.01. The van der Waals surface area contributed by atoms with Crippen LogP contribution in [0.15, 0.2) is 77.8 Å². The van der Waals surface area contributed by atoms with Crippen LogP contribution in [0.2, 0.25) is 0 Å². The minimum absolute atomic E-state index is 0.00116. The lowest BCUT2D eigenvalue weighted by Gasteiger charge is -2.36. The molecule has 192 valence electrons. The molecule has 0 aromatic heterocycles. The Labute approximate surface area is 221 Å². The Morgan fingerprint density at radius 2 is 1.53 bits per heavy atom. The summed E-state index contributed by atoms with van der Waals surface area (Å²) in [5, 5.41) is 1.37. The molecule has 3 rings (SSSR count). The molecule has 3 aromatic rings. The maximum absolute atomic E-state index is 6.73. The lowest BCUT2D eigenvalue weighted by molar-refractivity contribution is 0.293. The molecule has 0 aliphatic heterocycles. The maximum Gasteiger partial charge on any atom is 0.127 e. The number of hydrogen-bond donors (Lipinski definition) is 0. The molecule has 0 aliphatic carbocycles. The summed E-state index contributed by atoms with van der Waals surface area (Å²) in [6, 6.07) is 26.1. The largest absolute Gasteiger partial charge is 0.488 e. The van der Waals surface area contributed by atoms with E-state index in [0.29, 0.717) is 21.1 Å². The number of ether oxygens (including phenoxy) is 1. The van der Waals surface area contributed by atoms with Gasteiger partial charge in [0.1, 0.15) is 12.4 Å². The van der Waals surface area contributed by atoms with Crippen molar-refractivity contribution in [3.63, 3.8) is 0 Å². The average Bonchev–Trinajstić information content (AvgIpc) is 2.89. The molecule has 36 heavy (non-hydrogen) atoms. The molecular weight excluding hydrogens is 457 g/mol. The van der Waals surface area contributed by atoms with Crippen molar-refractivity contribution in [3.05, 3.63) is 95.1 Å². The van der Waals surface area contributed by atoms with Crippen LogP contribution >= 0.6 is 8.58 Å². The highest BCUT2D eigenvalue weighted by Gasteiger charge is 2.34. The van der Waals surface area contributed by atoms with Gasteiger partial charge in [-0.15, -0.1) is 0 Å². The van der Waals surface area contributed by atoms with E-state index < -0.39 is 0 Å². The fourth-order valence-electron chi connectivity index (χ4n) is 4.55. The molecule has 0 fully saturated rings. The lowest BCUT2D eigenvalue weighted by atomic mass is 9.87. The SMILES string of the molecule is CCC(C)c1cccc(C(CC)(CC)Pc2ccccc2C=NC(C)(C)C)c1OCc1ccccc1. The van der Waals surface area contributed by atoms with Gasteiger partial charge in [0.05, 0.1) is 5.54 Å². The zero-order valence-corrected chi connectivity index (χ0v) is 24.3. The molecule has 3 heteroatoms. The Kier molecular flexibility index (Phi) is 9.92. The van der Waals surface area contributed by atoms with E-state index in [0.717, 1.165) is 25.0 Å². The molecule has 0 saturated heterocycles. The quantitative estimate of drug-likeness (QED) is 0.190. The molecule has 2 nitrogen and oxygen atoms in total. The van der Waals surface area contributed by atoms with Crippen LogP contribution in [0, 0.1) is 0 Å². The molecule has 0 saturated carbocycles. The number of benzene rings is 3. The van der Waals surface area contributed by atoms with E-state index in [4.69, 9.17) is 9.73 Å². The van der Waals surface area contributed by atoms with Crippen molar-refractivity contribution in [1.29, 1.82) is 0 Å². The van der Waals surface area contributed by atoms with Gasteiger partial charge < -0.3 is 4.74 Å². The van der Waals surface area contributed by atoms with Crippen LogP contribution in [0.25, 0.3) is 0 Å². The van der Waals surface area contributed by atoms with Gasteiger partial charge in [-0.05, 0) is 67.9 Å². The number of rotatable bonds is 11. The zero-order valence-electron chi connectivity index (χ0n) is 23.3. The van der Waals surface area contributed by atoms with Crippen LogP contribution in [0.1, 0.15) is 95.9 Å². The van der Waals surface area contributed by atoms with Crippen LogP contribution in [-0.2, 0) is 11.8 Å². The molecule has 0 spiro atoms. The Balaban J connectivity index is 2.09. The minimum atomic E-state index is -0.0914. The van der Waals surface area contributed by atoms with E-state index in [1.807, 2.05) is 0 Å². The lowest BCUT2D eigenvalue weighted by Crippen LogP contribution is -2.24. The van der Waals surface area contributed by atoms with Crippen molar-refractivity contribution in [2.24, 2.45) is 4.99 Å². The molecule has 0 amide bonds. The highest BCUT2D eigenvalue weighted by Crippen LogP contribution is 2.52. The van der Waals surface area contributed by atoms with Gasteiger partial charge in [-0.3, -0.25) is 4.99 Å². The van der Waals surface area contributed by atoms with E-state index in [-0.39, 0.29) is 10.7 Å². The van der Waals surface area contributed by atoms with Gasteiger partial charge in [0.15, 0.2) is 0 Å². The summed E-state index contributed by atoms with van der Waals surface area (Å²) in [7, 11) is 0.622. The molecule has 0 bridgehead atoms. The third kappa shape index (κ3) is 7.07. The first-order chi connectivity index (χ1) is 17.2. The average molecular weight is 502 g/mol. The van der Waals surface area contributed by atoms with E-state index in [1.54, 1.807) is 0 Å². The number of aliphatic imine (C=N–C) groups is 1. The van der Waals surface area contributed by atoms with E-state index >= 15 is 0 Å². The fraction of sp³-hybridized carbons (Fsp3) is 0.424. The van der Waals surface area contributed by atoms with Crippen molar-refractivity contribution < 1.29 is 4.74 Å². The summed E-state index contributed by atoms with van der Waals surface area (Å²) in [5.74, 6) is 1.53. The van der Waals surface area contributed by atoms with Crippen LogP contribution in [0.4, 0.5) is 0 Å². The number of para-hydroxylation sites is 1. The Hall–Kier alpha value is -2.44. The minimum Gasteiger partial charge on any atom is -0.488 e. The number of hydrogen-bond acceptors (Lipinski definition) is 2. The van der Waals surface area contributed by atoms with Crippen molar-refractivity contribution in [1.82, 2.24) is 0 Å². The highest BCUT2D eigenvalue weighted by atomic mass is 31.1. The van der Waals surface area contributed by atoms with Crippen LogP contribution < -0.4 is 10.0 Å². The molecule has 3 aromatic carbocycles. The predicted molar refractivity (Wildman–Crippen MR) is 160 cm³/mol. The monoisotopic (exact) mass is 501 g/mol. The van der Waals surface area contributed by atoms with Gasteiger partial charge in [-0.2, -0.15) is 0 Å². The van der Waals surface area contributed by atoms with Crippen LogP contribution in [-0.4, -0.2) is 11.8 Å². The standard InChI is InChI=1S/C33H44NOP/c1-8-25(4)28-20-16-21-29(31(28)35-24-26-17-12-11-13-18-26)33(9-2,10-3)36-30-22-15-14-19-27(30)23-34-32(5,6)7/h11-23,25,36H,8-10,24H2,1-7H3. The second-order valence-electron chi connectivity index (χ2n) is 10.7. The van der Waals surface area contributed by atoms with Crippen molar-refractivity contribution in [2.75, 3.05) is 0 Å². The van der Waals surface area contributed by atoms with Crippen molar-refractivity contribution in [3.8, 4) is 5.75 Å². The fourth-order valence-corrected chi connectivity index (χ4v) is 6.22. The summed E-state index contributed by atoms with van der Waals surface area (Å²) in [6.07, 6.45) is 5.27. The summed E-state index contributed by atoms with van der Waals surface area (Å²) < 4.78 is 6.73. The zero-order chi connectivity index (χ0) is 26.2. The molecule has 2 atom stereocenters. The smallest absolute Gasteiger partial charge is 0.127 e. The summed E-state index contributed by atoms with van der Waals surface area (Å²) in [4.78, 5) is 4.83. The normalized spacial score (nSPS) is 13.5. The molecule has 0 N–H and O–H groups in total. The van der Waals surface area contributed by atoms with Crippen LogP contribution in [0.5, 0.6) is 5.75 Å². The topological polar surface area (TPSA) is 21.6 Å². The van der Waals surface area contributed by atoms with E-state index in [9.17, 15) is 0 Å². The third-order valence-electron chi connectivity index (χ3n) is 7.06. The first-order valence-electron chi connectivity index (χ1n) is 13.5. The van der Waals surface area contributed by atoms with E-state index in [2.05, 4.69) is 127 Å². The van der Waals surface area contributed by atoms with Gasteiger partial charge in [0, 0.05) is 16.9 Å². The third-order valence-corrected chi connectivity index (χ3v) is 9.24. The van der Waals surface area contributed by atoms with Crippen molar-refractivity contribution in [2.45, 2.75) is 90.9 Å². The maximum atomic E-state index is 6.73. The number of nitrogens with zero attached hydrogens (tertiary/aromatic N) is 1. The van der Waals surface area contributed by atoms with Gasteiger partial charge >= 0.3 is 0 Å². The predicted octanol–water partition coefficient (Wildman–Crippen LogP) is 9.02. The van der Waals surface area contributed by atoms with Crippen LogP contribution in [0.3, 0.4) is 0 Å². The first kappa shape index (κ1) is 28.1. The van der Waals surface area contributed by atoms with Gasteiger partial charge in [-0.25, -0.2) is 0 Å². The van der Waals surface area contributed by atoms with Gasteiger partial charge in [-0.1, -0.05) is 109 Å². The Morgan fingerprint density at radius 3 is 2.17 bits per heavy atom. The first-order valence-corrected chi connectivity index (χ1v) is 14.5. The molecule has 2 unspecified atom stereocenters. The Bertz CT molecular complexity index is 1130. The van der Waals surface area contributed by atoms with Gasteiger partial charge in [0.25, 0.3) is 0 Å². The Morgan fingerprint density at radius 1 is 0.861 bits per heavy atom. The van der Waals surface area contributed by atoms with E-state index in [1.165, 1.54) is 27.6 Å². The molecule has 0 heterocycles. The summed E-state index contributed by atoms with van der Waals surface area (Å²) >= 11 is 0. The highest BCUT2D eigenvalue weighted by molar-refractivity contribution is 7.48.